The van der Waals surface area contributed by atoms with Gasteiger partial charge in [0, 0.05) is 19.1 Å². The quantitative estimate of drug-likeness (QED) is 0.848. The van der Waals surface area contributed by atoms with Gasteiger partial charge in [-0.25, -0.2) is 0 Å². The molecule has 0 atom stereocenters. The van der Waals surface area contributed by atoms with Crippen molar-refractivity contribution in [2.24, 2.45) is 5.73 Å². The summed E-state index contributed by atoms with van der Waals surface area (Å²) in [5, 5.41) is 2.95. The van der Waals surface area contributed by atoms with Gasteiger partial charge in [0.1, 0.15) is 0 Å². The zero-order chi connectivity index (χ0) is 16.9. The maximum absolute atomic E-state index is 12.0. The lowest BCUT2D eigenvalue weighted by Gasteiger charge is -2.31. The molecule has 1 aromatic carbocycles. The summed E-state index contributed by atoms with van der Waals surface area (Å²) in [7, 11) is 2.22. The summed E-state index contributed by atoms with van der Waals surface area (Å²) in [4.78, 5) is 14.4. The van der Waals surface area contributed by atoms with Gasteiger partial charge < -0.3 is 11.1 Å². The summed E-state index contributed by atoms with van der Waals surface area (Å²) in [6.45, 7) is 4.92. The number of nitrogens with one attached hydrogen (secondary N) is 1. The fourth-order valence-corrected chi connectivity index (χ4v) is 3.21. The monoisotopic (exact) mass is 317 g/mol. The molecule has 2 rings (SSSR count). The van der Waals surface area contributed by atoms with Crippen LogP contribution in [-0.4, -0.2) is 29.4 Å². The van der Waals surface area contributed by atoms with Gasteiger partial charge in [-0.05, 0) is 44.9 Å². The summed E-state index contributed by atoms with van der Waals surface area (Å²) in [5.41, 5.74) is 7.46. The molecule has 1 aromatic rings. The predicted molar refractivity (Wildman–Crippen MR) is 94.9 cm³/mol. The minimum atomic E-state index is -0.839. The Hall–Kier alpha value is -1.39. The Bertz CT molecular complexity index is 516. The topological polar surface area (TPSA) is 58.4 Å². The van der Waals surface area contributed by atoms with Gasteiger partial charge in [-0.2, -0.15) is 0 Å². The van der Waals surface area contributed by atoms with Crippen LogP contribution in [0.5, 0.6) is 0 Å². The number of carbonyl (C=O) groups excluding carboxylic acids is 1. The van der Waals surface area contributed by atoms with Crippen molar-refractivity contribution in [3.8, 4) is 0 Å². The van der Waals surface area contributed by atoms with Gasteiger partial charge in [0.05, 0.1) is 5.54 Å². The van der Waals surface area contributed by atoms with E-state index in [9.17, 15) is 4.79 Å². The van der Waals surface area contributed by atoms with Crippen molar-refractivity contribution in [3.63, 3.8) is 0 Å². The maximum atomic E-state index is 12.0. The molecule has 1 saturated carbocycles. The van der Waals surface area contributed by atoms with Crippen LogP contribution in [0.3, 0.4) is 0 Å². The average molecular weight is 317 g/mol. The van der Waals surface area contributed by atoms with Crippen LogP contribution < -0.4 is 11.1 Å². The summed E-state index contributed by atoms with van der Waals surface area (Å²) < 4.78 is 0. The van der Waals surface area contributed by atoms with Crippen LogP contribution in [0.25, 0.3) is 0 Å². The van der Waals surface area contributed by atoms with Gasteiger partial charge in [0.2, 0.25) is 5.91 Å². The Morgan fingerprint density at radius 3 is 2.43 bits per heavy atom. The molecule has 0 aliphatic heterocycles. The highest BCUT2D eigenvalue weighted by atomic mass is 16.2. The molecule has 1 aliphatic rings. The molecule has 0 unspecified atom stereocenters. The molecule has 3 N–H and O–H groups in total. The number of nitrogens with two attached hydrogens (primary N) is 1. The zero-order valence-electron chi connectivity index (χ0n) is 14.8. The fraction of sp³-hybridized carbons (Fsp3) is 0.632. The first kappa shape index (κ1) is 18.0. The number of rotatable bonds is 6. The van der Waals surface area contributed by atoms with Crippen LogP contribution in [0.4, 0.5) is 0 Å². The van der Waals surface area contributed by atoms with E-state index in [1.807, 2.05) is 6.07 Å². The molecular formula is C19H31N3O. The SMILES string of the molecule is CN(Cc1ccccc1CNC(=O)C(C)(C)N)C1CCCCC1. The number of nitrogens with zero attached hydrogens (tertiary/aromatic N) is 1. The van der Waals surface area contributed by atoms with Gasteiger partial charge in [0.15, 0.2) is 0 Å². The minimum Gasteiger partial charge on any atom is -0.350 e. The molecule has 0 heterocycles. The van der Waals surface area contributed by atoms with E-state index in [2.05, 4.69) is 35.5 Å². The zero-order valence-corrected chi connectivity index (χ0v) is 14.8. The molecule has 4 heteroatoms. The number of benzene rings is 1. The molecule has 0 radical (unpaired) electrons. The summed E-state index contributed by atoms with van der Waals surface area (Å²) in [5.74, 6) is -0.118. The standard InChI is InChI=1S/C19H31N3O/c1-19(2,20)18(23)21-13-15-9-7-8-10-16(15)14-22(3)17-11-5-4-6-12-17/h7-10,17H,4-6,11-14,20H2,1-3H3,(H,21,23). The van der Waals surface area contributed by atoms with E-state index < -0.39 is 5.54 Å². The Morgan fingerprint density at radius 2 is 1.83 bits per heavy atom. The first-order valence-corrected chi connectivity index (χ1v) is 8.72. The van der Waals surface area contributed by atoms with Crippen molar-refractivity contribution in [1.82, 2.24) is 10.2 Å². The Morgan fingerprint density at radius 1 is 1.22 bits per heavy atom. The van der Waals surface area contributed by atoms with Crippen molar-refractivity contribution in [3.05, 3.63) is 35.4 Å². The van der Waals surface area contributed by atoms with E-state index in [1.54, 1.807) is 13.8 Å². The number of carbonyl (C=O) groups is 1. The van der Waals surface area contributed by atoms with Crippen molar-refractivity contribution in [2.75, 3.05) is 7.05 Å². The molecular weight excluding hydrogens is 286 g/mol. The second kappa shape index (κ2) is 7.93. The predicted octanol–water partition coefficient (Wildman–Crippen LogP) is 2.80. The number of hydrogen-bond acceptors (Lipinski definition) is 3. The number of hydrogen-bond donors (Lipinski definition) is 2. The van der Waals surface area contributed by atoms with Gasteiger partial charge in [-0.1, -0.05) is 43.5 Å². The van der Waals surface area contributed by atoms with Gasteiger partial charge in [-0.3, -0.25) is 9.69 Å². The van der Waals surface area contributed by atoms with Crippen molar-refractivity contribution >= 4 is 5.91 Å². The first-order valence-electron chi connectivity index (χ1n) is 8.72. The molecule has 4 nitrogen and oxygen atoms in total. The van der Waals surface area contributed by atoms with Crippen LogP contribution in [0.1, 0.15) is 57.1 Å². The molecule has 128 valence electrons. The Kier molecular flexibility index (Phi) is 6.19. The maximum Gasteiger partial charge on any atom is 0.239 e. The summed E-state index contributed by atoms with van der Waals surface area (Å²) >= 11 is 0. The van der Waals surface area contributed by atoms with E-state index >= 15 is 0 Å². The smallest absolute Gasteiger partial charge is 0.239 e. The average Bonchev–Trinajstić information content (AvgIpc) is 2.53. The van der Waals surface area contributed by atoms with Crippen molar-refractivity contribution in [1.29, 1.82) is 0 Å². The highest BCUT2D eigenvalue weighted by Crippen LogP contribution is 2.23. The first-order chi connectivity index (χ1) is 10.9. The molecule has 1 aliphatic carbocycles. The molecule has 0 aromatic heterocycles. The minimum absolute atomic E-state index is 0.118. The van der Waals surface area contributed by atoms with Crippen molar-refractivity contribution in [2.45, 2.75) is 70.6 Å². The van der Waals surface area contributed by atoms with Gasteiger partial charge >= 0.3 is 0 Å². The van der Waals surface area contributed by atoms with E-state index in [0.717, 1.165) is 6.54 Å². The third-order valence-electron chi connectivity index (χ3n) is 4.76. The van der Waals surface area contributed by atoms with Crippen LogP contribution in [0.15, 0.2) is 24.3 Å². The Balaban J connectivity index is 1.98. The van der Waals surface area contributed by atoms with Gasteiger partial charge in [-0.15, -0.1) is 0 Å². The van der Waals surface area contributed by atoms with Crippen LogP contribution >= 0.6 is 0 Å². The summed E-state index contributed by atoms with van der Waals surface area (Å²) in [6, 6.07) is 9.04. The van der Waals surface area contributed by atoms with Crippen molar-refractivity contribution < 1.29 is 4.79 Å². The van der Waals surface area contributed by atoms with E-state index in [1.165, 1.54) is 43.2 Å². The number of amides is 1. The highest BCUT2D eigenvalue weighted by Gasteiger charge is 2.22. The second-order valence-corrected chi connectivity index (χ2v) is 7.38. The lowest BCUT2D eigenvalue weighted by molar-refractivity contribution is -0.125. The second-order valence-electron chi connectivity index (χ2n) is 7.38. The molecule has 0 saturated heterocycles. The third-order valence-corrected chi connectivity index (χ3v) is 4.76. The molecule has 1 amide bonds. The Labute approximate surface area is 140 Å². The molecule has 1 fully saturated rings. The van der Waals surface area contributed by atoms with Crippen LogP contribution in [0.2, 0.25) is 0 Å². The van der Waals surface area contributed by atoms with E-state index in [0.29, 0.717) is 12.6 Å². The lowest BCUT2D eigenvalue weighted by atomic mass is 9.94. The fourth-order valence-electron chi connectivity index (χ4n) is 3.21. The third kappa shape index (κ3) is 5.33. The lowest BCUT2D eigenvalue weighted by Crippen LogP contribution is -2.48. The summed E-state index contributed by atoms with van der Waals surface area (Å²) in [6.07, 6.45) is 6.67. The molecule has 23 heavy (non-hydrogen) atoms. The highest BCUT2D eigenvalue weighted by molar-refractivity contribution is 5.85. The normalized spacial score (nSPS) is 16.6. The molecule has 0 bridgehead atoms. The molecule has 0 spiro atoms. The van der Waals surface area contributed by atoms with Crippen LogP contribution in [-0.2, 0) is 17.9 Å². The largest absolute Gasteiger partial charge is 0.350 e. The van der Waals surface area contributed by atoms with E-state index in [4.69, 9.17) is 5.73 Å². The van der Waals surface area contributed by atoms with Gasteiger partial charge in [0.25, 0.3) is 0 Å². The van der Waals surface area contributed by atoms with E-state index in [-0.39, 0.29) is 5.91 Å². The van der Waals surface area contributed by atoms with Crippen LogP contribution in [0, 0.1) is 0 Å².